The van der Waals surface area contributed by atoms with Crippen molar-refractivity contribution in [3.8, 4) is 0 Å². The van der Waals surface area contributed by atoms with Gasteiger partial charge in [0.05, 0.1) is 5.54 Å². The zero-order chi connectivity index (χ0) is 14.2. The molecule has 1 unspecified atom stereocenters. The van der Waals surface area contributed by atoms with Crippen LogP contribution < -0.4 is 5.32 Å². The van der Waals surface area contributed by atoms with Crippen LogP contribution >= 0.6 is 0 Å². The molecular formula is C14H16N2O4. The number of carbonyl (C=O) groups is 3. The molecule has 1 N–H and O–H groups in total. The summed E-state index contributed by atoms with van der Waals surface area (Å²) in [4.78, 5) is 39.1. The van der Waals surface area contributed by atoms with Crippen LogP contribution in [0.5, 0.6) is 0 Å². The van der Waals surface area contributed by atoms with E-state index >= 15 is 0 Å². The molecule has 20 heavy (non-hydrogen) atoms. The maximum atomic E-state index is 11.6. The normalized spacial score (nSPS) is 27.0. The SMILES string of the molecule is O=C(CCCC12C=CC(=CC1)N2)ON1C(=O)CCC1=O. The van der Waals surface area contributed by atoms with Gasteiger partial charge < -0.3 is 10.2 Å². The van der Waals surface area contributed by atoms with Crippen LogP contribution in [0.3, 0.4) is 0 Å². The molecule has 1 fully saturated rings. The maximum absolute atomic E-state index is 11.6. The van der Waals surface area contributed by atoms with E-state index in [4.69, 9.17) is 4.84 Å². The summed E-state index contributed by atoms with van der Waals surface area (Å²) < 4.78 is 0. The molecule has 3 rings (SSSR count). The second kappa shape index (κ2) is 4.77. The minimum Gasteiger partial charge on any atom is -0.376 e. The van der Waals surface area contributed by atoms with Gasteiger partial charge in [0.15, 0.2) is 0 Å². The Bertz CT molecular complexity index is 521. The van der Waals surface area contributed by atoms with E-state index in [2.05, 4.69) is 17.5 Å². The molecule has 0 spiro atoms. The third kappa shape index (κ3) is 2.33. The molecule has 0 aromatic rings. The number of amides is 2. The predicted molar refractivity (Wildman–Crippen MR) is 68.7 cm³/mol. The first-order valence-corrected chi connectivity index (χ1v) is 6.82. The highest BCUT2D eigenvalue weighted by molar-refractivity contribution is 6.01. The minimum absolute atomic E-state index is 0.0467. The number of carbonyl (C=O) groups excluding carboxylic acids is 3. The van der Waals surface area contributed by atoms with E-state index in [0.29, 0.717) is 11.5 Å². The van der Waals surface area contributed by atoms with Crippen molar-refractivity contribution in [2.75, 3.05) is 0 Å². The molecule has 0 aromatic carbocycles. The molecule has 6 nitrogen and oxygen atoms in total. The van der Waals surface area contributed by atoms with Crippen LogP contribution in [0.1, 0.15) is 38.5 Å². The van der Waals surface area contributed by atoms with Gasteiger partial charge in [0, 0.05) is 25.0 Å². The van der Waals surface area contributed by atoms with Crippen LogP contribution in [0.4, 0.5) is 0 Å². The lowest BCUT2D eigenvalue weighted by atomic mass is 9.90. The number of hydrogen-bond donors (Lipinski definition) is 1. The first-order chi connectivity index (χ1) is 9.58. The Morgan fingerprint density at radius 3 is 2.65 bits per heavy atom. The maximum Gasteiger partial charge on any atom is 0.333 e. The molecule has 0 radical (unpaired) electrons. The van der Waals surface area contributed by atoms with Crippen molar-refractivity contribution in [3.05, 3.63) is 23.9 Å². The number of hydroxylamine groups is 2. The molecule has 0 saturated carbocycles. The number of nitrogens with zero attached hydrogens (tertiary/aromatic N) is 1. The van der Waals surface area contributed by atoms with Crippen molar-refractivity contribution in [2.45, 2.75) is 44.1 Å². The second-order valence-corrected chi connectivity index (χ2v) is 5.38. The van der Waals surface area contributed by atoms with Crippen molar-refractivity contribution < 1.29 is 19.2 Å². The summed E-state index contributed by atoms with van der Waals surface area (Å²) in [6.45, 7) is 0. The highest BCUT2D eigenvalue weighted by Gasteiger charge is 2.35. The Morgan fingerprint density at radius 1 is 1.35 bits per heavy atom. The van der Waals surface area contributed by atoms with Gasteiger partial charge in [-0.2, -0.15) is 0 Å². The molecule has 3 aliphatic heterocycles. The van der Waals surface area contributed by atoms with Gasteiger partial charge in [0.2, 0.25) is 0 Å². The quantitative estimate of drug-likeness (QED) is 0.757. The van der Waals surface area contributed by atoms with Crippen LogP contribution in [0.15, 0.2) is 23.9 Å². The Labute approximate surface area is 116 Å². The Hall–Kier alpha value is -2.11. The van der Waals surface area contributed by atoms with Gasteiger partial charge in [-0.3, -0.25) is 9.59 Å². The average molecular weight is 276 g/mol. The van der Waals surface area contributed by atoms with Crippen LogP contribution in [0.2, 0.25) is 0 Å². The van der Waals surface area contributed by atoms with Gasteiger partial charge in [-0.1, -0.05) is 12.2 Å². The van der Waals surface area contributed by atoms with E-state index in [0.717, 1.165) is 18.5 Å². The highest BCUT2D eigenvalue weighted by Crippen LogP contribution is 2.33. The summed E-state index contributed by atoms with van der Waals surface area (Å²) in [5, 5.41) is 3.98. The minimum atomic E-state index is -0.529. The third-order valence-corrected chi connectivity index (χ3v) is 3.86. The van der Waals surface area contributed by atoms with Gasteiger partial charge in [0.25, 0.3) is 11.8 Å². The molecule has 3 aliphatic rings. The summed E-state index contributed by atoms with van der Waals surface area (Å²) in [5.74, 6) is -1.41. The topological polar surface area (TPSA) is 75.7 Å². The van der Waals surface area contributed by atoms with E-state index in [1.54, 1.807) is 0 Å². The van der Waals surface area contributed by atoms with Crippen molar-refractivity contribution in [2.24, 2.45) is 0 Å². The zero-order valence-electron chi connectivity index (χ0n) is 11.1. The summed E-state index contributed by atoms with van der Waals surface area (Å²) in [7, 11) is 0. The molecule has 0 aromatic heterocycles. The van der Waals surface area contributed by atoms with E-state index in [1.807, 2.05) is 6.08 Å². The monoisotopic (exact) mass is 276 g/mol. The summed E-state index contributed by atoms with van der Waals surface area (Å²) >= 11 is 0. The molecule has 6 heteroatoms. The van der Waals surface area contributed by atoms with E-state index < -0.39 is 17.8 Å². The molecular weight excluding hydrogens is 260 g/mol. The molecule has 106 valence electrons. The van der Waals surface area contributed by atoms with Crippen LogP contribution in [0.25, 0.3) is 0 Å². The summed E-state index contributed by atoms with van der Waals surface area (Å²) in [6.07, 6.45) is 9.16. The van der Waals surface area contributed by atoms with Gasteiger partial charge >= 0.3 is 5.97 Å². The molecule has 1 saturated heterocycles. The zero-order valence-corrected chi connectivity index (χ0v) is 11.1. The summed E-state index contributed by atoms with van der Waals surface area (Å²) in [6, 6.07) is 0. The first kappa shape index (κ1) is 12.9. The van der Waals surface area contributed by atoms with Gasteiger partial charge in [-0.15, -0.1) is 5.06 Å². The Kier molecular flexibility index (Phi) is 3.08. The van der Waals surface area contributed by atoms with E-state index in [1.165, 1.54) is 0 Å². The lowest BCUT2D eigenvalue weighted by molar-refractivity contribution is -0.197. The molecule has 2 bridgehead atoms. The fourth-order valence-electron chi connectivity index (χ4n) is 2.75. The van der Waals surface area contributed by atoms with E-state index in [9.17, 15) is 14.4 Å². The Morgan fingerprint density at radius 2 is 2.10 bits per heavy atom. The molecule has 1 atom stereocenters. The molecule has 2 amide bonds. The third-order valence-electron chi connectivity index (χ3n) is 3.86. The largest absolute Gasteiger partial charge is 0.376 e. The van der Waals surface area contributed by atoms with Crippen LogP contribution in [0, 0.1) is 0 Å². The van der Waals surface area contributed by atoms with E-state index in [-0.39, 0.29) is 24.8 Å². The van der Waals surface area contributed by atoms with Crippen molar-refractivity contribution in [3.63, 3.8) is 0 Å². The number of rotatable bonds is 5. The highest BCUT2D eigenvalue weighted by atomic mass is 16.7. The van der Waals surface area contributed by atoms with Crippen molar-refractivity contribution in [1.82, 2.24) is 10.4 Å². The average Bonchev–Trinajstić information content (AvgIpc) is 3.09. The van der Waals surface area contributed by atoms with Gasteiger partial charge in [0.1, 0.15) is 0 Å². The van der Waals surface area contributed by atoms with Crippen LogP contribution in [-0.2, 0) is 19.2 Å². The lowest BCUT2D eigenvalue weighted by Crippen LogP contribution is -2.35. The standard InChI is InChI=1S/C14H16N2O4/c17-11-3-4-12(18)16(11)20-13(19)2-1-7-14-8-5-10(15-14)6-9-14/h5-6,8,15H,1-4,7,9H2. The van der Waals surface area contributed by atoms with Crippen LogP contribution in [-0.4, -0.2) is 28.4 Å². The van der Waals surface area contributed by atoms with Gasteiger partial charge in [-0.05, 0) is 25.3 Å². The first-order valence-electron chi connectivity index (χ1n) is 6.82. The lowest BCUT2D eigenvalue weighted by Gasteiger charge is -2.23. The molecule has 3 heterocycles. The number of allylic oxidation sites excluding steroid dienone is 1. The fraction of sp³-hybridized carbons (Fsp3) is 0.500. The second-order valence-electron chi connectivity index (χ2n) is 5.38. The number of hydrogen-bond acceptors (Lipinski definition) is 5. The van der Waals surface area contributed by atoms with Crippen molar-refractivity contribution in [1.29, 1.82) is 0 Å². The smallest absolute Gasteiger partial charge is 0.333 e. The van der Waals surface area contributed by atoms with Gasteiger partial charge in [-0.25, -0.2) is 4.79 Å². The van der Waals surface area contributed by atoms with Crippen molar-refractivity contribution >= 4 is 17.8 Å². The Balaban J connectivity index is 1.43. The fourth-order valence-corrected chi connectivity index (χ4v) is 2.75. The number of nitrogens with one attached hydrogen (secondary N) is 1. The molecule has 0 aliphatic carbocycles. The predicted octanol–water partition coefficient (Wildman–Crippen LogP) is 0.950. The summed E-state index contributed by atoms with van der Waals surface area (Å²) in [5.41, 5.74) is 1.09. The number of fused-ring (bicyclic) bond motifs is 2. The number of imide groups is 1.